The van der Waals surface area contributed by atoms with E-state index in [0.717, 1.165) is 23.1 Å². The highest BCUT2D eigenvalue weighted by Gasteiger charge is 2.11. The first-order valence-corrected chi connectivity index (χ1v) is 5.59. The minimum atomic E-state index is 0.696. The summed E-state index contributed by atoms with van der Waals surface area (Å²) >= 11 is 1.42. The minimum Gasteiger partial charge on any atom is -0.297 e. The van der Waals surface area contributed by atoms with Gasteiger partial charge in [-0.1, -0.05) is 0 Å². The molecule has 0 bridgehead atoms. The summed E-state index contributed by atoms with van der Waals surface area (Å²) in [6.07, 6.45) is 4.21. The molecule has 0 fully saturated rings. The summed E-state index contributed by atoms with van der Waals surface area (Å²) in [6, 6.07) is 5.74. The maximum Gasteiger partial charge on any atom is 0.160 e. The molecule has 0 aliphatic carbocycles. The molecule has 0 spiro atoms. The molecule has 78 valence electrons. The SMILES string of the molecule is O=Cc1sccc1-c1ncnn2cccc12. The van der Waals surface area contributed by atoms with Gasteiger partial charge in [0.05, 0.1) is 16.1 Å². The van der Waals surface area contributed by atoms with Crippen LogP contribution in [0.5, 0.6) is 0 Å². The van der Waals surface area contributed by atoms with Gasteiger partial charge >= 0.3 is 0 Å². The van der Waals surface area contributed by atoms with Crippen molar-refractivity contribution >= 4 is 23.1 Å². The summed E-state index contributed by atoms with van der Waals surface area (Å²) in [4.78, 5) is 15.8. The van der Waals surface area contributed by atoms with E-state index in [-0.39, 0.29) is 0 Å². The Morgan fingerprint density at radius 1 is 1.38 bits per heavy atom. The number of aromatic nitrogens is 3. The highest BCUT2D eigenvalue weighted by Crippen LogP contribution is 2.28. The van der Waals surface area contributed by atoms with E-state index in [2.05, 4.69) is 10.1 Å². The summed E-state index contributed by atoms with van der Waals surface area (Å²) in [5.74, 6) is 0. The molecular formula is C11H7N3OS. The van der Waals surface area contributed by atoms with Crippen LogP contribution in [-0.4, -0.2) is 20.9 Å². The van der Waals surface area contributed by atoms with Crippen molar-refractivity contribution in [1.82, 2.24) is 14.6 Å². The molecule has 3 rings (SSSR count). The van der Waals surface area contributed by atoms with Crippen LogP contribution in [0, 0.1) is 0 Å². The molecule has 0 aliphatic rings. The largest absolute Gasteiger partial charge is 0.297 e. The van der Waals surface area contributed by atoms with Gasteiger partial charge in [0, 0.05) is 11.8 Å². The predicted octanol–water partition coefficient (Wildman–Crippen LogP) is 2.27. The zero-order valence-corrected chi connectivity index (χ0v) is 9.02. The Labute approximate surface area is 95.2 Å². The van der Waals surface area contributed by atoms with Gasteiger partial charge in [-0.2, -0.15) is 5.10 Å². The topological polar surface area (TPSA) is 47.3 Å². The lowest BCUT2D eigenvalue weighted by Crippen LogP contribution is -1.94. The van der Waals surface area contributed by atoms with Crippen LogP contribution in [-0.2, 0) is 0 Å². The number of rotatable bonds is 2. The first kappa shape index (κ1) is 9.23. The fourth-order valence-corrected chi connectivity index (χ4v) is 2.38. The fraction of sp³-hybridized carbons (Fsp3) is 0. The molecule has 0 atom stereocenters. The van der Waals surface area contributed by atoms with E-state index in [0.29, 0.717) is 4.88 Å². The third kappa shape index (κ3) is 1.25. The molecule has 0 N–H and O–H groups in total. The van der Waals surface area contributed by atoms with Gasteiger partial charge in [-0.3, -0.25) is 4.79 Å². The number of fused-ring (bicyclic) bond motifs is 1. The van der Waals surface area contributed by atoms with E-state index < -0.39 is 0 Å². The summed E-state index contributed by atoms with van der Waals surface area (Å²) in [5, 5.41) is 5.98. The van der Waals surface area contributed by atoms with Crippen molar-refractivity contribution in [3.05, 3.63) is 41.0 Å². The molecule has 0 aromatic carbocycles. The molecule has 0 radical (unpaired) electrons. The summed E-state index contributed by atoms with van der Waals surface area (Å²) in [5.41, 5.74) is 2.57. The van der Waals surface area contributed by atoms with Crippen LogP contribution in [0.15, 0.2) is 36.1 Å². The monoisotopic (exact) mass is 229 g/mol. The van der Waals surface area contributed by atoms with E-state index >= 15 is 0 Å². The third-order valence-electron chi connectivity index (χ3n) is 2.39. The van der Waals surface area contributed by atoms with Crippen molar-refractivity contribution in [3.8, 4) is 11.3 Å². The lowest BCUT2D eigenvalue weighted by molar-refractivity contribution is 0.112. The number of carbonyl (C=O) groups excluding carboxylic acids is 1. The van der Waals surface area contributed by atoms with Gasteiger partial charge in [-0.05, 0) is 23.6 Å². The lowest BCUT2D eigenvalue weighted by Gasteiger charge is -2.01. The molecule has 0 aliphatic heterocycles. The van der Waals surface area contributed by atoms with Crippen molar-refractivity contribution in [2.75, 3.05) is 0 Å². The first-order valence-electron chi connectivity index (χ1n) is 4.71. The van der Waals surface area contributed by atoms with Crippen LogP contribution < -0.4 is 0 Å². The Hall–Kier alpha value is -2.01. The number of hydrogen-bond donors (Lipinski definition) is 0. The molecule has 16 heavy (non-hydrogen) atoms. The highest BCUT2D eigenvalue weighted by molar-refractivity contribution is 7.12. The maximum absolute atomic E-state index is 10.9. The standard InChI is InChI=1S/C11H7N3OS/c15-6-10-8(3-5-16-10)11-9-2-1-4-14(9)13-7-12-11/h1-7H. The van der Waals surface area contributed by atoms with E-state index in [1.165, 1.54) is 17.7 Å². The fourth-order valence-electron chi connectivity index (χ4n) is 1.68. The van der Waals surface area contributed by atoms with Crippen molar-refractivity contribution in [2.24, 2.45) is 0 Å². The van der Waals surface area contributed by atoms with Crippen LogP contribution in [0.3, 0.4) is 0 Å². The number of carbonyl (C=O) groups is 1. The van der Waals surface area contributed by atoms with Gasteiger partial charge in [0.25, 0.3) is 0 Å². The zero-order valence-electron chi connectivity index (χ0n) is 8.20. The average molecular weight is 229 g/mol. The van der Waals surface area contributed by atoms with Crippen LogP contribution >= 0.6 is 11.3 Å². The molecule has 0 unspecified atom stereocenters. The van der Waals surface area contributed by atoms with Gasteiger partial charge in [-0.25, -0.2) is 9.50 Å². The second-order valence-corrected chi connectivity index (χ2v) is 4.21. The Balaban J connectivity index is 2.33. The van der Waals surface area contributed by atoms with E-state index in [1.807, 2.05) is 29.8 Å². The minimum absolute atomic E-state index is 0.696. The maximum atomic E-state index is 10.9. The summed E-state index contributed by atoms with van der Waals surface area (Å²) in [7, 11) is 0. The zero-order chi connectivity index (χ0) is 11.0. The molecule has 0 amide bonds. The molecule has 0 saturated carbocycles. The molecule has 5 heteroatoms. The van der Waals surface area contributed by atoms with Gasteiger partial charge in [0.2, 0.25) is 0 Å². The van der Waals surface area contributed by atoms with E-state index in [1.54, 1.807) is 4.52 Å². The quantitative estimate of drug-likeness (QED) is 0.633. The van der Waals surface area contributed by atoms with Crippen LogP contribution in [0.4, 0.5) is 0 Å². The third-order valence-corrected chi connectivity index (χ3v) is 3.23. The second-order valence-electron chi connectivity index (χ2n) is 3.26. The highest BCUT2D eigenvalue weighted by atomic mass is 32.1. The van der Waals surface area contributed by atoms with Crippen molar-refractivity contribution in [2.45, 2.75) is 0 Å². The second kappa shape index (κ2) is 3.53. The summed E-state index contributed by atoms with van der Waals surface area (Å²) < 4.78 is 1.74. The number of thiophene rings is 1. The van der Waals surface area contributed by atoms with E-state index in [9.17, 15) is 4.79 Å². The predicted molar refractivity (Wildman–Crippen MR) is 61.7 cm³/mol. The lowest BCUT2D eigenvalue weighted by atomic mass is 10.2. The summed E-state index contributed by atoms with van der Waals surface area (Å²) in [6.45, 7) is 0. The average Bonchev–Trinajstić information content (AvgIpc) is 2.96. The molecule has 4 nitrogen and oxygen atoms in total. The van der Waals surface area contributed by atoms with Crippen LogP contribution in [0.2, 0.25) is 0 Å². The normalized spacial score (nSPS) is 10.8. The molecule has 3 heterocycles. The Bertz CT molecular complexity index is 656. The Kier molecular flexibility index (Phi) is 2.04. The number of hydrogen-bond acceptors (Lipinski definition) is 4. The first-order chi connectivity index (χ1) is 7.90. The number of aldehydes is 1. The molecular weight excluding hydrogens is 222 g/mol. The van der Waals surface area contributed by atoms with E-state index in [4.69, 9.17) is 0 Å². The number of nitrogens with zero attached hydrogens (tertiary/aromatic N) is 3. The van der Waals surface area contributed by atoms with Gasteiger partial charge in [-0.15, -0.1) is 11.3 Å². The van der Waals surface area contributed by atoms with Gasteiger partial charge < -0.3 is 0 Å². The van der Waals surface area contributed by atoms with Crippen molar-refractivity contribution < 1.29 is 4.79 Å². The van der Waals surface area contributed by atoms with Gasteiger partial charge in [0.15, 0.2) is 6.29 Å². The van der Waals surface area contributed by atoms with Crippen molar-refractivity contribution in [1.29, 1.82) is 0 Å². The van der Waals surface area contributed by atoms with Crippen LogP contribution in [0.1, 0.15) is 9.67 Å². The van der Waals surface area contributed by atoms with Gasteiger partial charge in [0.1, 0.15) is 6.33 Å². The smallest absolute Gasteiger partial charge is 0.160 e. The Morgan fingerprint density at radius 2 is 2.31 bits per heavy atom. The van der Waals surface area contributed by atoms with Crippen molar-refractivity contribution in [3.63, 3.8) is 0 Å². The van der Waals surface area contributed by atoms with Crippen LogP contribution in [0.25, 0.3) is 16.8 Å². The molecule has 3 aromatic rings. The molecule has 3 aromatic heterocycles. The Morgan fingerprint density at radius 3 is 3.19 bits per heavy atom. The molecule has 0 saturated heterocycles.